The summed E-state index contributed by atoms with van der Waals surface area (Å²) in [5, 5.41) is 6.00. The van der Waals surface area contributed by atoms with Crippen molar-refractivity contribution < 1.29 is 9.59 Å². The van der Waals surface area contributed by atoms with Crippen molar-refractivity contribution in [3.63, 3.8) is 0 Å². The van der Waals surface area contributed by atoms with Gasteiger partial charge in [-0.1, -0.05) is 43.3 Å². The molecule has 2 N–H and O–H groups in total. The molecule has 2 aliphatic heterocycles. The van der Waals surface area contributed by atoms with Crippen molar-refractivity contribution >= 4 is 11.9 Å². The summed E-state index contributed by atoms with van der Waals surface area (Å²) in [6.07, 6.45) is 2.24. The van der Waals surface area contributed by atoms with Crippen LogP contribution >= 0.6 is 0 Å². The Morgan fingerprint density at radius 2 is 1.81 bits per heavy atom. The number of benzene rings is 1. The number of carbonyl (C=O) groups is 2. The van der Waals surface area contributed by atoms with E-state index in [-0.39, 0.29) is 35.4 Å². The Kier molecular flexibility index (Phi) is 6.63. The van der Waals surface area contributed by atoms with Crippen LogP contribution in [0.4, 0.5) is 4.79 Å². The van der Waals surface area contributed by atoms with Crippen molar-refractivity contribution in [2.75, 3.05) is 13.1 Å². The van der Waals surface area contributed by atoms with Crippen molar-refractivity contribution in [2.45, 2.75) is 57.7 Å². The highest BCUT2D eigenvalue weighted by Crippen LogP contribution is 2.34. The van der Waals surface area contributed by atoms with E-state index < -0.39 is 6.04 Å². The van der Waals surface area contributed by atoms with Crippen molar-refractivity contribution in [1.82, 2.24) is 20.1 Å². The fourth-order valence-electron chi connectivity index (χ4n) is 4.81. The lowest BCUT2D eigenvalue weighted by atomic mass is 9.83. The van der Waals surface area contributed by atoms with E-state index in [1.165, 1.54) is 0 Å². The lowest BCUT2D eigenvalue weighted by molar-refractivity contribution is -0.123. The zero-order valence-corrected chi connectivity index (χ0v) is 18.8. The van der Waals surface area contributed by atoms with E-state index in [9.17, 15) is 14.4 Å². The molecular weight excluding hydrogens is 404 g/mol. The summed E-state index contributed by atoms with van der Waals surface area (Å²) in [4.78, 5) is 40.2. The number of pyridine rings is 1. The maximum atomic E-state index is 13.2. The highest BCUT2D eigenvalue weighted by atomic mass is 16.2. The summed E-state index contributed by atoms with van der Waals surface area (Å²) in [6.45, 7) is 5.76. The molecule has 4 rings (SSSR count). The van der Waals surface area contributed by atoms with E-state index in [1.54, 1.807) is 12.1 Å². The third kappa shape index (κ3) is 4.87. The molecule has 0 spiro atoms. The molecule has 0 aliphatic carbocycles. The molecule has 0 saturated carbocycles. The molecule has 1 saturated heterocycles. The number of aromatic nitrogens is 1. The topological polar surface area (TPSA) is 83.4 Å². The standard InChI is InChI=1S/C25H32N4O3/c1-3-17(2)26-24(31)21(13-18-8-5-4-6-9-18)27-25(32)28-14-19-12-20(16-28)22-10-7-11-23(30)29(22)15-19/h4-11,17,19-21H,3,12-16H2,1-2H3,(H,26,31)(H,27,32)/t17-,19+,20-,21+/m1/s1. The van der Waals surface area contributed by atoms with E-state index in [0.29, 0.717) is 26.1 Å². The van der Waals surface area contributed by atoms with Crippen LogP contribution in [0, 0.1) is 5.92 Å². The smallest absolute Gasteiger partial charge is 0.318 e. The van der Waals surface area contributed by atoms with Crippen LogP contribution < -0.4 is 16.2 Å². The zero-order valence-electron chi connectivity index (χ0n) is 18.8. The number of nitrogens with zero attached hydrogens (tertiary/aromatic N) is 2. The fraction of sp³-hybridized carbons (Fsp3) is 0.480. The number of hydrogen-bond acceptors (Lipinski definition) is 3. The third-order valence-electron chi connectivity index (χ3n) is 6.66. The van der Waals surface area contributed by atoms with Crippen LogP contribution in [0.15, 0.2) is 53.3 Å². The average molecular weight is 437 g/mol. The van der Waals surface area contributed by atoms with E-state index in [1.807, 2.05) is 59.7 Å². The number of piperidine rings is 1. The predicted octanol–water partition coefficient (Wildman–Crippen LogP) is 2.50. The van der Waals surface area contributed by atoms with Gasteiger partial charge in [-0.3, -0.25) is 9.59 Å². The van der Waals surface area contributed by atoms with Crippen molar-refractivity contribution in [3.8, 4) is 0 Å². The van der Waals surface area contributed by atoms with Gasteiger partial charge in [0.1, 0.15) is 6.04 Å². The summed E-state index contributed by atoms with van der Waals surface area (Å²) in [7, 11) is 0. The maximum Gasteiger partial charge on any atom is 0.318 e. The SMILES string of the molecule is CC[C@@H](C)NC(=O)[C@H](Cc1ccccc1)NC(=O)N1C[C@@H]2C[C@H](C1)c1cccc(=O)n1C2. The van der Waals surface area contributed by atoms with Gasteiger partial charge in [-0.05, 0) is 37.3 Å². The summed E-state index contributed by atoms with van der Waals surface area (Å²) in [5.74, 6) is 0.225. The zero-order chi connectivity index (χ0) is 22.7. The van der Waals surface area contributed by atoms with Gasteiger partial charge in [0.15, 0.2) is 0 Å². The first-order valence-electron chi connectivity index (χ1n) is 11.5. The molecule has 4 atom stereocenters. The van der Waals surface area contributed by atoms with E-state index in [0.717, 1.165) is 24.1 Å². The Morgan fingerprint density at radius 3 is 2.56 bits per heavy atom. The minimum atomic E-state index is -0.643. The molecule has 2 aromatic rings. The third-order valence-corrected chi connectivity index (χ3v) is 6.66. The lowest BCUT2D eigenvalue weighted by Crippen LogP contribution is -2.57. The van der Waals surface area contributed by atoms with Crippen LogP contribution in [0.5, 0.6) is 0 Å². The molecule has 2 aliphatic rings. The van der Waals surface area contributed by atoms with E-state index in [2.05, 4.69) is 10.6 Å². The Balaban J connectivity index is 1.48. The first kappa shape index (κ1) is 22.1. The number of nitrogens with one attached hydrogen (secondary N) is 2. The molecule has 2 bridgehead atoms. The number of rotatable bonds is 6. The molecule has 1 fully saturated rings. The molecule has 7 nitrogen and oxygen atoms in total. The minimum absolute atomic E-state index is 0.0275. The van der Waals surface area contributed by atoms with Gasteiger partial charge in [0.2, 0.25) is 5.91 Å². The molecule has 0 unspecified atom stereocenters. The number of carbonyl (C=O) groups excluding carboxylic acids is 2. The number of amides is 3. The Labute approximate surface area is 188 Å². The minimum Gasteiger partial charge on any atom is -0.352 e. The lowest BCUT2D eigenvalue weighted by Gasteiger charge is -2.43. The van der Waals surface area contributed by atoms with Gasteiger partial charge >= 0.3 is 6.03 Å². The van der Waals surface area contributed by atoms with Crippen molar-refractivity contribution in [3.05, 3.63) is 70.1 Å². The molecule has 1 aromatic heterocycles. The monoisotopic (exact) mass is 436 g/mol. The molecule has 1 aromatic carbocycles. The van der Waals surface area contributed by atoms with Crippen LogP contribution in [0.1, 0.15) is 43.9 Å². The van der Waals surface area contributed by atoms with Crippen LogP contribution in [-0.2, 0) is 17.8 Å². The molecule has 0 radical (unpaired) electrons. The summed E-state index contributed by atoms with van der Waals surface area (Å²) in [5.41, 5.74) is 2.03. The second kappa shape index (κ2) is 9.59. The number of hydrogen-bond donors (Lipinski definition) is 2. The Morgan fingerprint density at radius 1 is 1.03 bits per heavy atom. The number of likely N-dealkylation sites (tertiary alicyclic amines) is 1. The Bertz CT molecular complexity index is 1020. The van der Waals surface area contributed by atoms with Gasteiger partial charge < -0.3 is 20.1 Å². The van der Waals surface area contributed by atoms with Crippen LogP contribution in [0.2, 0.25) is 0 Å². The van der Waals surface area contributed by atoms with E-state index in [4.69, 9.17) is 0 Å². The van der Waals surface area contributed by atoms with Crippen LogP contribution in [-0.4, -0.2) is 46.6 Å². The van der Waals surface area contributed by atoms with Gasteiger partial charge in [0, 0.05) is 49.8 Å². The van der Waals surface area contributed by atoms with Crippen molar-refractivity contribution in [1.29, 1.82) is 0 Å². The molecule has 7 heteroatoms. The number of fused-ring (bicyclic) bond motifs is 4. The summed E-state index contributed by atoms with van der Waals surface area (Å²) >= 11 is 0. The van der Waals surface area contributed by atoms with Gasteiger partial charge in [-0.15, -0.1) is 0 Å². The predicted molar refractivity (Wildman–Crippen MR) is 123 cm³/mol. The first-order valence-corrected chi connectivity index (χ1v) is 11.5. The maximum absolute atomic E-state index is 13.2. The fourth-order valence-corrected chi connectivity index (χ4v) is 4.81. The van der Waals surface area contributed by atoms with Gasteiger partial charge in [-0.25, -0.2) is 4.79 Å². The Hall–Kier alpha value is -3.09. The van der Waals surface area contributed by atoms with Gasteiger partial charge in [0.25, 0.3) is 5.56 Å². The van der Waals surface area contributed by atoms with Gasteiger partial charge in [-0.2, -0.15) is 0 Å². The largest absolute Gasteiger partial charge is 0.352 e. The highest BCUT2D eigenvalue weighted by Gasteiger charge is 2.37. The molecule has 32 heavy (non-hydrogen) atoms. The van der Waals surface area contributed by atoms with Crippen LogP contribution in [0.3, 0.4) is 0 Å². The molecule has 170 valence electrons. The van der Waals surface area contributed by atoms with Crippen LogP contribution in [0.25, 0.3) is 0 Å². The average Bonchev–Trinajstić information content (AvgIpc) is 2.79. The van der Waals surface area contributed by atoms with Crippen molar-refractivity contribution in [2.24, 2.45) is 5.92 Å². The summed E-state index contributed by atoms with van der Waals surface area (Å²) in [6, 6.07) is 14.3. The van der Waals surface area contributed by atoms with E-state index >= 15 is 0 Å². The molecular formula is C25H32N4O3. The first-order chi connectivity index (χ1) is 15.4. The second-order valence-electron chi connectivity index (χ2n) is 9.11. The summed E-state index contributed by atoms with van der Waals surface area (Å²) < 4.78 is 1.85. The normalized spacial score (nSPS) is 21.2. The molecule has 3 amide bonds. The highest BCUT2D eigenvalue weighted by molar-refractivity contribution is 5.87. The second-order valence-corrected chi connectivity index (χ2v) is 9.11. The number of urea groups is 1. The van der Waals surface area contributed by atoms with Gasteiger partial charge in [0.05, 0.1) is 0 Å². The quantitative estimate of drug-likeness (QED) is 0.730. The molecule has 3 heterocycles.